The summed E-state index contributed by atoms with van der Waals surface area (Å²) in [7, 11) is 0. The third kappa shape index (κ3) is 2.66. The minimum absolute atomic E-state index is 0.0283. The second kappa shape index (κ2) is 4.60. The first kappa shape index (κ1) is 11.7. The summed E-state index contributed by atoms with van der Waals surface area (Å²) in [5.41, 5.74) is 0.981. The van der Waals surface area contributed by atoms with Crippen LogP contribution < -0.4 is 0 Å². The third-order valence-electron chi connectivity index (χ3n) is 3.59. The maximum absolute atomic E-state index is 12.1. The highest BCUT2D eigenvalue weighted by Gasteiger charge is 2.49. The highest BCUT2D eigenvalue weighted by molar-refractivity contribution is 5.82. The minimum atomic E-state index is -0.240. The predicted octanol–water partition coefficient (Wildman–Crippen LogP) is 3.61. The molecule has 0 N–H and O–H groups in total. The Hall–Kier alpha value is -0.790. The van der Waals surface area contributed by atoms with Crippen molar-refractivity contribution in [3.63, 3.8) is 0 Å². The average molecular weight is 222 g/mol. The molecule has 2 fully saturated rings. The van der Waals surface area contributed by atoms with Crippen LogP contribution in [-0.4, -0.2) is 12.1 Å². The van der Waals surface area contributed by atoms with Crippen molar-refractivity contribution in [3.8, 4) is 0 Å². The molecule has 16 heavy (non-hydrogen) atoms. The van der Waals surface area contributed by atoms with E-state index in [9.17, 15) is 4.79 Å². The molecule has 0 heterocycles. The van der Waals surface area contributed by atoms with Gasteiger partial charge >= 0.3 is 5.97 Å². The molecule has 2 aliphatic carbocycles. The molecule has 0 aromatic heterocycles. The van der Waals surface area contributed by atoms with Crippen LogP contribution in [0.5, 0.6) is 0 Å². The number of allylic oxidation sites excluding steroid dienone is 1. The van der Waals surface area contributed by atoms with Crippen LogP contribution in [0, 0.1) is 5.41 Å². The van der Waals surface area contributed by atoms with E-state index in [-0.39, 0.29) is 17.5 Å². The van der Waals surface area contributed by atoms with Crippen LogP contribution in [0.25, 0.3) is 0 Å². The Balaban J connectivity index is 1.90. The number of rotatable bonds is 3. The molecule has 2 aliphatic rings. The van der Waals surface area contributed by atoms with Crippen molar-refractivity contribution in [1.29, 1.82) is 0 Å². The van der Waals surface area contributed by atoms with Crippen molar-refractivity contribution in [2.75, 3.05) is 0 Å². The highest BCUT2D eigenvalue weighted by atomic mass is 16.5. The fourth-order valence-electron chi connectivity index (χ4n) is 2.55. The lowest BCUT2D eigenvalue weighted by Gasteiger charge is -2.23. The molecule has 0 atom stereocenters. The van der Waals surface area contributed by atoms with Crippen molar-refractivity contribution in [3.05, 3.63) is 11.6 Å². The number of hydrogen-bond acceptors (Lipinski definition) is 2. The standard InChI is InChI=1S/C14H22O2/c1-11(2)10-14(8-9-14)13(15)16-12-6-4-3-5-7-12/h10,12H,3-9H2,1-2H3. The van der Waals surface area contributed by atoms with E-state index < -0.39 is 0 Å². The molecule has 2 saturated carbocycles. The summed E-state index contributed by atoms with van der Waals surface area (Å²) in [5, 5.41) is 0. The first-order chi connectivity index (χ1) is 7.62. The molecular weight excluding hydrogens is 200 g/mol. The molecule has 2 heteroatoms. The average Bonchev–Trinajstić information content (AvgIpc) is 2.99. The lowest BCUT2D eigenvalue weighted by Crippen LogP contribution is -2.26. The van der Waals surface area contributed by atoms with Crippen LogP contribution in [0.4, 0.5) is 0 Å². The van der Waals surface area contributed by atoms with Gasteiger partial charge in [0.1, 0.15) is 6.10 Å². The molecular formula is C14H22O2. The van der Waals surface area contributed by atoms with E-state index in [0.29, 0.717) is 0 Å². The van der Waals surface area contributed by atoms with Gasteiger partial charge in [0.25, 0.3) is 0 Å². The lowest BCUT2D eigenvalue weighted by atomic mass is 9.97. The molecule has 0 unspecified atom stereocenters. The van der Waals surface area contributed by atoms with E-state index >= 15 is 0 Å². The molecule has 0 radical (unpaired) electrons. The molecule has 2 rings (SSSR count). The fourth-order valence-corrected chi connectivity index (χ4v) is 2.55. The summed E-state index contributed by atoms with van der Waals surface area (Å²) < 4.78 is 5.64. The summed E-state index contributed by atoms with van der Waals surface area (Å²) in [6.45, 7) is 4.10. The van der Waals surface area contributed by atoms with Gasteiger partial charge in [0.15, 0.2) is 0 Å². The summed E-state index contributed by atoms with van der Waals surface area (Å²) in [6.07, 6.45) is 10.1. The van der Waals surface area contributed by atoms with Gasteiger partial charge in [-0.1, -0.05) is 18.1 Å². The second-order valence-electron chi connectivity index (χ2n) is 5.54. The maximum atomic E-state index is 12.1. The van der Waals surface area contributed by atoms with E-state index in [1.54, 1.807) is 0 Å². The van der Waals surface area contributed by atoms with Crippen LogP contribution in [0.3, 0.4) is 0 Å². The molecule has 0 amide bonds. The molecule has 0 aromatic carbocycles. The number of carbonyl (C=O) groups excluding carboxylic acids is 1. The van der Waals surface area contributed by atoms with Gasteiger partial charge in [-0.15, -0.1) is 0 Å². The predicted molar refractivity (Wildman–Crippen MR) is 64.1 cm³/mol. The monoisotopic (exact) mass is 222 g/mol. The van der Waals surface area contributed by atoms with Crippen molar-refractivity contribution in [2.45, 2.75) is 64.9 Å². The van der Waals surface area contributed by atoms with Gasteiger partial charge in [-0.3, -0.25) is 4.79 Å². The zero-order valence-corrected chi connectivity index (χ0v) is 10.4. The molecule has 90 valence electrons. The summed E-state index contributed by atoms with van der Waals surface area (Å²) in [4.78, 5) is 12.1. The number of carbonyl (C=O) groups is 1. The van der Waals surface area contributed by atoms with Gasteiger partial charge in [0.2, 0.25) is 0 Å². The van der Waals surface area contributed by atoms with Crippen LogP contribution >= 0.6 is 0 Å². The quantitative estimate of drug-likeness (QED) is 0.538. The Morgan fingerprint density at radius 2 is 1.81 bits per heavy atom. The van der Waals surface area contributed by atoms with Crippen molar-refractivity contribution in [2.24, 2.45) is 5.41 Å². The first-order valence-corrected chi connectivity index (χ1v) is 6.49. The summed E-state index contributed by atoms with van der Waals surface area (Å²) in [5.74, 6) is 0.0283. The van der Waals surface area contributed by atoms with E-state index in [0.717, 1.165) is 25.7 Å². The Morgan fingerprint density at radius 3 is 2.31 bits per heavy atom. The second-order valence-corrected chi connectivity index (χ2v) is 5.54. The zero-order valence-electron chi connectivity index (χ0n) is 10.4. The minimum Gasteiger partial charge on any atom is -0.462 e. The van der Waals surface area contributed by atoms with E-state index in [2.05, 4.69) is 6.08 Å². The van der Waals surface area contributed by atoms with Gasteiger partial charge in [-0.25, -0.2) is 0 Å². The molecule has 0 spiro atoms. The van der Waals surface area contributed by atoms with E-state index in [4.69, 9.17) is 4.74 Å². The SMILES string of the molecule is CC(C)=CC1(C(=O)OC2CCCCC2)CC1. The number of esters is 1. The summed E-state index contributed by atoms with van der Waals surface area (Å²) >= 11 is 0. The van der Waals surface area contributed by atoms with Gasteiger partial charge in [-0.2, -0.15) is 0 Å². The highest BCUT2D eigenvalue weighted by Crippen LogP contribution is 2.49. The van der Waals surface area contributed by atoms with Gasteiger partial charge in [-0.05, 0) is 52.4 Å². The summed E-state index contributed by atoms with van der Waals surface area (Å²) in [6, 6.07) is 0. The van der Waals surface area contributed by atoms with Crippen molar-refractivity contribution >= 4 is 5.97 Å². The largest absolute Gasteiger partial charge is 0.462 e. The molecule has 2 nitrogen and oxygen atoms in total. The number of hydrogen-bond donors (Lipinski definition) is 0. The Bertz CT molecular complexity index is 290. The number of ether oxygens (including phenoxy) is 1. The maximum Gasteiger partial charge on any atom is 0.316 e. The third-order valence-corrected chi connectivity index (χ3v) is 3.59. The van der Waals surface area contributed by atoms with Crippen LogP contribution in [0.1, 0.15) is 58.8 Å². The molecule has 0 saturated heterocycles. The molecule has 0 aliphatic heterocycles. The Labute approximate surface area is 98.1 Å². The van der Waals surface area contributed by atoms with Crippen molar-refractivity contribution < 1.29 is 9.53 Å². The van der Waals surface area contributed by atoms with E-state index in [1.165, 1.54) is 24.8 Å². The van der Waals surface area contributed by atoms with Crippen LogP contribution in [0.2, 0.25) is 0 Å². The molecule has 0 aromatic rings. The Kier molecular flexibility index (Phi) is 3.36. The topological polar surface area (TPSA) is 26.3 Å². The van der Waals surface area contributed by atoms with Crippen LogP contribution in [0.15, 0.2) is 11.6 Å². The normalized spacial score (nSPS) is 23.6. The Morgan fingerprint density at radius 1 is 1.19 bits per heavy atom. The fraction of sp³-hybridized carbons (Fsp3) is 0.786. The van der Waals surface area contributed by atoms with Crippen LogP contribution in [-0.2, 0) is 9.53 Å². The molecule has 0 bridgehead atoms. The van der Waals surface area contributed by atoms with Crippen molar-refractivity contribution in [1.82, 2.24) is 0 Å². The smallest absolute Gasteiger partial charge is 0.316 e. The van der Waals surface area contributed by atoms with Gasteiger partial charge < -0.3 is 4.74 Å². The lowest BCUT2D eigenvalue weighted by molar-refractivity contribution is -0.155. The van der Waals surface area contributed by atoms with E-state index in [1.807, 2.05) is 13.8 Å². The zero-order chi connectivity index (χ0) is 11.6. The first-order valence-electron chi connectivity index (χ1n) is 6.49. The van der Waals surface area contributed by atoms with Gasteiger partial charge in [0, 0.05) is 0 Å². The van der Waals surface area contributed by atoms with Gasteiger partial charge in [0.05, 0.1) is 5.41 Å².